The Kier molecular flexibility index (Phi) is 4.27. The molecule has 0 radical (unpaired) electrons. The van der Waals surface area contributed by atoms with Crippen LogP contribution in [-0.4, -0.2) is 24.9 Å². The standard InChI is InChI=1S/C15H21N3O2/c1-10-8-15(18-6-4-5-7-18)14(17-12(3)20)9-13(10)16-11(2)19/h8-9H,4-7H2,1-3H3,(H,16,19)(H,17,20). The van der Waals surface area contributed by atoms with Crippen LogP contribution in [0.2, 0.25) is 0 Å². The Hall–Kier alpha value is -2.04. The largest absolute Gasteiger partial charge is 0.370 e. The molecule has 0 aromatic heterocycles. The minimum absolute atomic E-state index is 0.108. The Morgan fingerprint density at radius 1 is 1.00 bits per heavy atom. The summed E-state index contributed by atoms with van der Waals surface area (Å²) in [6.45, 7) is 6.94. The van der Waals surface area contributed by atoms with Crippen molar-refractivity contribution in [1.29, 1.82) is 0 Å². The van der Waals surface area contributed by atoms with Gasteiger partial charge in [0.25, 0.3) is 0 Å². The molecule has 0 saturated carbocycles. The zero-order valence-corrected chi connectivity index (χ0v) is 12.2. The number of carbonyl (C=O) groups is 2. The molecule has 5 heteroatoms. The van der Waals surface area contributed by atoms with Gasteiger partial charge < -0.3 is 15.5 Å². The molecule has 5 nitrogen and oxygen atoms in total. The molecule has 108 valence electrons. The molecule has 1 fully saturated rings. The lowest BCUT2D eigenvalue weighted by Gasteiger charge is -2.23. The van der Waals surface area contributed by atoms with Gasteiger partial charge in [-0.15, -0.1) is 0 Å². The van der Waals surface area contributed by atoms with Gasteiger partial charge >= 0.3 is 0 Å². The van der Waals surface area contributed by atoms with Crippen LogP contribution in [0.25, 0.3) is 0 Å². The van der Waals surface area contributed by atoms with Crippen molar-refractivity contribution in [3.8, 4) is 0 Å². The topological polar surface area (TPSA) is 61.4 Å². The predicted octanol–water partition coefficient (Wildman–Crippen LogP) is 2.51. The zero-order chi connectivity index (χ0) is 14.7. The van der Waals surface area contributed by atoms with E-state index in [1.165, 1.54) is 26.7 Å². The van der Waals surface area contributed by atoms with E-state index < -0.39 is 0 Å². The lowest BCUT2D eigenvalue weighted by atomic mass is 10.1. The fraction of sp³-hybridized carbons (Fsp3) is 0.467. The molecule has 0 aliphatic carbocycles. The van der Waals surface area contributed by atoms with Crippen LogP contribution in [0.4, 0.5) is 17.1 Å². The van der Waals surface area contributed by atoms with Gasteiger partial charge in [0.2, 0.25) is 11.8 Å². The fourth-order valence-electron chi connectivity index (χ4n) is 2.53. The van der Waals surface area contributed by atoms with E-state index in [0.29, 0.717) is 0 Å². The molecule has 0 unspecified atom stereocenters. The quantitative estimate of drug-likeness (QED) is 0.891. The number of anilines is 3. The van der Waals surface area contributed by atoms with Crippen molar-refractivity contribution in [3.05, 3.63) is 17.7 Å². The molecular weight excluding hydrogens is 254 g/mol. The summed E-state index contributed by atoms with van der Waals surface area (Å²) in [7, 11) is 0. The lowest BCUT2D eigenvalue weighted by Crippen LogP contribution is -2.21. The SMILES string of the molecule is CC(=O)Nc1cc(NC(C)=O)c(N2CCCC2)cc1C. The van der Waals surface area contributed by atoms with E-state index in [1.807, 2.05) is 19.1 Å². The van der Waals surface area contributed by atoms with Gasteiger partial charge in [-0.2, -0.15) is 0 Å². The molecule has 0 spiro atoms. The highest BCUT2D eigenvalue weighted by Crippen LogP contribution is 2.34. The second-order valence-corrected chi connectivity index (χ2v) is 5.24. The first-order valence-electron chi connectivity index (χ1n) is 6.92. The van der Waals surface area contributed by atoms with E-state index in [4.69, 9.17) is 0 Å². The Bertz CT molecular complexity index is 534. The maximum absolute atomic E-state index is 11.4. The average molecular weight is 275 g/mol. The molecule has 2 amide bonds. The Labute approximate surface area is 119 Å². The van der Waals surface area contributed by atoms with E-state index in [2.05, 4.69) is 15.5 Å². The molecule has 1 saturated heterocycles. The molecule has 1 aliphatic heterocycles. The second-order valence-electron chi connectivity index (χ2n) is 5.24. The first-order chi connectivity index (χ1) is 9.47. The van der Waals surface area contributed by atoms with Crippen molar-refractivity contribution in [1.82, 2.24) is 0 Å². The van der Waals surface area contributed by atoms with Gasteiger partial charge in [-0.1, -0.05) is 0 Å². The first-order valence-corrected chi connectivity index (χ1v) is 6.92. The van der Waals surface area contributed by atoms with Crippen LogP contribution in [-0.2, 0) is 9.59 Å². The molecule has 2 N–H and O–H groups in total. The van der Waals surface area contributed by atoms with E-state index in [9.17, 15) is 9.59 Å². The van der Waals surface area contributed by atoms with Crippen molar-refractivity contribution in [3.63, 3.8) is 0 Å². The third kappa shape index (κ3) is 3.29. The Balaban J connectivity index is 2.40. The molecule has 20 heavy (non-hydrogen) atoms. The predicted molar refractivity (Wildman–Crippen MR) is 81.2 cm³/mol. The summed E-state index contributed by atoms with van der Waals surface area (Å²) in [5.74, 6) is -0.223. The number of nitrogens with one attached hydrogen (secondary N) is 2. The van der Waals surface area contributed by atoms with Crippen molar-refractivity contribution in [2.24, 2.45) is 0 Å². The molecule has 1 heterocycles. The number of rotatable bonds is 3. The molecule has 0 atom stereocenters. The zero-order valence-electron chi connectivity index (χ0n) is 12.2. The minimum Gasteiger partial charge on any atom is -0.370 e. The van der Waals surface area contributed by atoms with Crippen LogP contribution in [0.15, 0.2) is 12.1 Å². The minimum atomic E-state index is -0.115. The van der Waals surface area contributed by atoms with Gasteiger partial charge in [-0.3, -0.25) is 9.59 Å². The molecule has 1 aromatic carbocycles. The highest BCUT2D eigenvalue weighted by molar-refractivity contribution is 5.96. The summed E-state index contributed by atoms with van der Waals surface area (Å²) >= 11 is 0. The van der Waals surface area contributed by atoms with Crippen LogP contribution in [0, 0.1) is 6.92 Å². The van der Waals surface area contributed by atoms with E-state index in [1.54, 1.807) is 0 Å². The summed E-state index contributed by atoms with van der Waals surface area (Å²) < 4.78 is 0. The fourth-order valence-corrected chi connectivity index (χ4v) is 2.53. The average Bonchev–Trinajstić information content (AvgIpc) is 2.85. The van der Waals surface area contributed by atoms with Crippen LogP contribution in [0.5, 0.6) is 0 Å². The number of benzene rings is 1. The number of nitrogens with zero attached hydrogens (tertiary/aromatic N) is 1. The van der Waals surface area contributed by atoms with Crippen LogP contribution < -0.4 is 15.5 Å². The van der Waals surface area contributed by atoms with Gasteiger partial charge in [0.15, 0.2) is 0 Å². The lowest BCUT2D eigenvalue weighted by molar-refractivity contribution is -0.115. The highest BCUT2D eigenvalue weighted by Gasteiger charge is 2.18. The van der Waals surface area contributed by atoms with Crippen molar-refractivity contribution < 1.29 is 9.59 Å². The van der Waals surface area contributed by atoms with E-state index in [0.717, 1.165) is 35.7 Å². The van der Waals surface area contributed by atoms with Crippen LogP contribution in [0.1, 0.15) is 32.3 Å². The summed E-state index contributed by atoms with van der Waals surface area (Å²) in [6.07, 6.45) is 2.35. The Morgan fingerprint density at radius 3 is 2.10 bits per heavy atom. The number of amides is 2. The maximum atomic E-state index is 11.4. The third-order valence-corrected chi connectivity index (χ3v) is 3.41. The summed E-state index contributed by atoms with van der Waals surface area (Å²) in [4.78, 5) is 24.9. The molecule has 0 bridgehead atoms. The molecule has 2 rings (SSSR count). The van der Waals surface area contributed by atoms with Crippen molar-refractivity contribution in [2.75, 3.05) is 28.6 Å². The smallest absolute Gasteiger partial charge is 0.221 e. The monoisotopic (exact) mass is 275 g/mol. The normalized spacial score (nSPS) is 14.2. The van der Waals surface area contributed by atoms with Crippen molar-refractivity contribution >= 4 is 28.9 Å². The van der Waals surface area contributed by atoms with Crippen LogP contribution in [0.3, 0.4) is 0 Å². The highest BCUT2D eigenvalue weighted by atomic mass is 16.2. The van der Waals surface area contributed by atoms with Gasteiger partial charge in [-0.25, -0.2) is 0 Å². The molecular formula is C15H21N3O2. The van der Waals surface area contributed by atoms with Gasteiger partial charge in [0.1, 0.15) is 0 Å². The number of hydrogen-bond acceptors (Lipinski definition) is 3. The third-order valence-electron chi connectivity index (χ3n) is 3.41. The maximum Gasteiger partial charge on any atom is 0.221 e. The summed E-state index contributed by atoms with van der Waals surface area (Å²) in [6, 6.07) is 3.87. The van der Waals surface area contributed by atoms with Gasteiger partial charge in [0, 0.05) is 32.6 Å². The number of hydrogen-bond donors (Lipinski definition) is 2. The number of carbonyl (C=O) groups excluding carboxylic acids is 2. The molecule has 1 aliphatic rings. The first kappa shape index (κ1) is 14.4. The van der Waals surface area contributed by atoms with Gasteiger partial charge in [-0.05, 0) is 37.5 Å². The van der Waals surface area contributed by atoms with E-state index >= 15 is 0 Å². The number of aryl methyl sites for hydroxylation is 1. The molecule has 1 aromatic rings. The van der Waals surface area contributed by atoms with Gasteiger partial charge in [0.05, 0.1) is 11.4 Å². The van der Waals surface area contributed by atoms with E-state index in [-0.39, 0.29) is 11.8 Å². The Morgan fingerprint density at radius 2 is 1.55 bits per heavy atom. The second kappa shape index (κ2) is 5.94. The van der Waals surface area contributed by atoms with Crippen molar-refractivity contribution in [2.45, 2.75) is 33.6 Å². The van der Waals surface area contributed by atoms with Crippen LogP contribution >= 0.6 is 0 Å². The summed E-state index contributed by atoms with van der Waals surface area (Å²) in [5, 5.41) is 5.66. The summed E-state index contributed by atoms with van der Waals surface area (Å²) in [5.41, 5.74) is 3.53.